The van der Waals surface area contributed by atoms with Crippen LogP contribution >= 0.6 is 36.0 Å². The van der Waals surface area contributed by atoms with Gasteiger partial charge in [-0.25, -0.2) is 18.9 Å². The zero-order valence-electron chi connectivity index (χ0n) is 31.7. The van der Waals surface area contributed by atoms with Gasteiger partial charge in [0.25, 0.3) is 30.4 Å². The molecule has 5 aromatic rings. The van der Waals surface area contributed by atoms with E-state index in [-0.39, 0.29) is 68.6 Å². The second kappa shape index (κ2) is 21.8. The van der Waals surface area contributed by atoms with Crippen LogP contribution in [0.5, 0.6) is 5.75 Å². The minimum Gasteiger partial charge on any atom is -0.505 e. The van der Waals surface area contributed by atoms with Crippen molar-refractivity contribution in [3.63, 3.8) is 0 Å². The fourth-order valence-corrected chi connectivity index (χ4v) is 8.82. The van der Waals surface area contributed by atoms with Gasteiger partial charge in [0.2, 0.25) is 17.2 Å². The lowest BCUT2D eigenvalue weighted by Gasteiger charge is -2.14. The molecule has 0 unspecified atom stereocenters. The number of nitrogens with zero attached hydrogens (tertiary/aromatic N) is 8. The average Bonchev–Trinajstić information content (AvgIpc) is 3.22. The van der Waals surface area contributed by atoms with E-state index in [0.29, 0.717) is 6.07 Å². The van der Waals surface area contributed by atoms with Crippen LogP contribution in [-0.2, 0) is 63.1 Å². The first-order valence-corrected chi connectivity index (χ1v) is 24.5. The van der Waals surface area contributed by atoms with E-state index in [1.54, 1.807) is 6.19 Å². The van der Waals surface area contributed by atoms with Gasteiger partial charge < -0.3 is 15.7 Å². The molecular formula is C29H24ClN11O19S6. The second-order valence-electron chi connectivity index (χ2n) is 11.9. The normalized spacial score (nSPS) is 12.5. The highest BCUT2D eigenvalue weighted by Gasteiger charge is 2.25. The first-order chi connectivity index (χ1) is 31.0. The van der Waals surface area contributed by atoms with Crippen LogP contribution in [-0.4, -0.2) is 96.1 Å². The van der Waals surface area contributed by atoms with E-state index >= 15 is 0 Å². The number of benzene rings is 4. The van der Waals surface area contributed by atoms with Crippen LogP contribution in [0.15, 0.2) is 94.6 Å². The summed E-state index contributed by atoms with van der Waals surface area (Å²) in [6.07, 6.45) is 1.59. The first-order valence-electron chi connectivity index (χ1n) is 16.6. The fourth-order valence-electron chi connectivity index (χ4n) is 5.08. The van der Waals surface area contributed by atoms with Gasteiger partial charge in [0.15, 0.2) is 34.1 Å². The predicted molar refractivity (Wildman–Crippen MR) is 225 cm³/mol. The molecule has 4 aromatic carbocycles. The van der Waals surface area contributed by atoms with Gasteiger partial charge in [0, 0.05) is 16.5 Å². The number of nitrogens with one attached hydrogen (secondary N) is 3. The number of nitriles is 1. The Morgan fingerprint density at radius 3 is 2.11 bits per heavy atom. The Hall–Kier alpha value is -5.57. The summed E-state index contributed by atoms with van der Waals surface area (Å²) < 4.78 is 142. The topological polar surface area (TPSA) is 452 Å². The molecule has 352 valence electrons. The van der Waals surface area contributed by atoms with Gasteiger partial charge in [-0.05, 0) is 66.2 Å². The van der Waals surface area contributed by atoms with Crippen LogP contribution in [0.1, 0.15) is 0 Å². The van der Waals surface area contributed by atoms with Crippen LogP contribution in [0, 0.1) is 11.5 Å². The quantitative estimate of drug-likeness (QED) is 0.00577. The molecule has 0 saturated carbocycles. The summed E-state index contributed by atoms with van der Waals surface area (Å²) in [7, 11) is -19.4. The van der Waals surface area contributed by atoms with E-state index in [0.717, 1.165) is 48.5 Å². The number of aromatic hydroxyl groups is 1. The molecule has 30 nitrogen and oxygen atoms in total. The van der Waals surface area contributed by atoms with Gasteiger partial charge >= 0.3 is 0 Å². The van der Waals surface area contributed by atoms with Gasteiger partial charge in [-0.1, -0.05) is 10.1 Å². The highest BCUT2D eigenvalue weighted by Crippen LogP contribution is 2.49. The molecule has 1 heterocycles. The molecule has 5 rings (SSSR count). The molecule has 0 aliphatic carbocycles. The molecule has 37 heteroatoms. The molecule has 0 bridgehead atoms. The highest BCUT2D eigenvalue weighted by atomic mass is 35.5. The van der Waals surface area contributed by atoms with Crippen LogP contribution in [0.25, 0.3) is 10.8 Å². The van der Waals surface area contributed by atoms with Gasteiger partial charge in [-0.3, -0.25) is 23.2 Å². The number of rotatable bonds is 22. The molecule has 66 heavy (non-hydrogen) atoms. The molecule has 0 aliphatic heterocycles. The van der Waals surface area contributed by atoms with E-state index in [1.807, 2.05) is 0 Å². The number of anilines is 4. The molecule has 0 amide bonds. The number of sulfone groups is 1. The third-order valence-electron chi connectivity index (χ3n) is 7.70. The zero-order valence-corrected chi connectivity index (χ0v) is 37.4. The molecule has 0 spiro atoms. The van der Waals surface area contributed by atoms with Crippen LogP contribution in [0.4, 0.5) is 46.0 Å². The van der Waals surface area contributed by atoms with Crippen molar-refractivity contribution in [3.05, 3.63) is 59.9 Å². The van der Waals surface area contributed by atoms with Crippen molar-refractivity contribution in [2.45, 2.75) is 19.6 Å². The average molecular weight is 1060 g/mol. The Morgan fingerprint density at radius 2 is 1.44 bits per heavy atom. The SMILES string of the molecule is N#CNc1nc(Cl)nc(Nc2ccc(S(=O)(=O)O)c(N=Nc3c(SOOO)cc4c(N=Nc5ccc(S(=O)(=O)CCOSOOO)cc5S(=O)(=O)O)c(NCS(=O)(=O)O)ccc4c3O)c2)n1. The maximum atomic E-state index is 12.9. The van der Waals surface area contributed by atoms with E-state index in [1.165, 1.54) is 0 Å². The molecule has 0 aliphatic rings. The standard InChI is InChI=1S/C29H24ClN11O19S6/c30-27-35-28(32-12-31)37-29(36-27)34-14-1-6-22(65(50,51)52)20(9-14)39-41-25-21(61-59-57-43)11-17-16(26(25)42)3-5-19(33-13-64(47,48)49)24(17)40-38-18-4-2-15(10-23(18)66(53,54)55)63(45,46)8-7-56-62-60-58-44/h1-6,9-11,33,42-44H,7-8,13H2,(H,47,48,49)(H,50,51,52)(H,53,54,55)(H2,32,34,35,36,37). The van der Waals surface area contributed by atoms with E-state index in [2.05, 4.69) is 70.1 Å². The minimum atomic E-state index is -5.28. The van der Waals surface area contributed by atoms with Gasteiger partial charge in [-0.15, -0.1) is 29.1 Å². The lowest BCUT2D eigenvalue weighted by atomic mass is 10.1. The summed E-state index contributed by atoms with van der Waals surface area (Å²) in [6.45, 7) is -0.565. The van der Waals surface area contributed by atoms with Crippen molar-refractivity contribution >= 4 is 133 Å². The van der Waals surface area contributed by atoms with Crippen molar-refractivity contribution in [2.24, 2.45) is 20.5 Å². The first kappa shape index (κ1) is 51.4. The summed E-state index contributed by atoms with van der Waals surface area (Å²) in [4.78, 5) is 8.53. The molecule has 0 radical (unpaired) electrons. The van der Waals surface area contributed by atoms with E-state index in [4.69, 9.17) is 31.6 Å². The summed E-state index contributed by atoms with van der Waals surface area (Å²) in [6, 6.07) is 8.62. The number of fused-ring (bicyclic) bond motifs is 1. The molecular weight excluding hydrogens is 1030 g/mol. The number of aromatic nitrogens is 3. The van der Waals surface area contributed by atoms with Crippen molar-refractivity contribution in [2.75, 3.05) is 34.2 Å². The van der Waals surface area contributed by atoms with Crippen LogP contribution < -0.4 is 16.0 Å². The van der Waals surface area contributed by atoms with Gasteiger partial charge in [0.1, 0.15) is 38.4 Å². The highest BCUT2D eigenvalue weighted by molar-refractivity contribution is 7.94. The number of hydrogen-bond donors (Lipinski definition) is 9. The second-order valence-corrected chi connectivity index (χ2v) is 19.8. The van der Waals surface area contributed by atoms with Gasteiger partial charge in [0.05, 0.1) is 39.9 Å². The predicted octanol–water partition coefficient (Wildman–Crippen LogP) is 5.80. The Balaban J connectivity index is 1.65. The Morgan fingerprint density at radius 1 is 0.758 bits per heavy atom. The number of halogens is 1. The number of phenolic OH excluding ortho intramolecular Hbond substituents is 1. The summed E-state index contributed by atoms with van der Waals surface area (Å²) in [5.74, 6) is -3.28. The number of phenols is 1. The molecule has 1 aromatic heterocycles. The molecule has 9 N–H and O–H groups in total. The lowest BCUT2D eigenvalue weighted by molar-refractivity contribution is -0.434. The zero-order chi connectivity index (χ0) is 48.5. The minimum absolute atomic E-state index is 0.00485. The Bertz CT molecular complexity index is 3220. The maximum absolute atomic E-state index is 12.9. The van der Waals surface area contributed by atoms with Crippen molar-refractivity contribution in [3.8, 4) is 11.9 Å². The summed E-state index contributed by atoms with van der Waals surface area (Å²) >= 11 is 6.09. The maximum Gasteiger partial charge on any atom is 0.296 e. The van der Waals surface area contributed by atoms with Gasteiger partial charge in [-0.2, -0.15) is 45.5 Å². The van der Waals surface area contributed by atoms with Crippen LogP contribution in [0.2, 0.25) is 5.28 Å². The monoisotopic (exact) mass is 1060 g/mol. The van der Waals surface area contributed by atoms with Crippen molar-refractivity contribution < 1.29 is 85.9 Å². The molecule has 0 atom stereocenters. The molecule has 0 saturated heterocycles. The summed E-state index contributed by atoms with van der Waals surface area (Å²) in [5, 5.41) is 66.6. The number of azo groups is 2. The van der Waals surface area contributed by atoms with Crippen molar-refractivity contribution in [1.29, 1.82) is 5.26 Å². The Kier molecular flexibility index (Phi) is 17.0. The third-order valence-corrected chi connectivity index (χ3v) is 12.8. The number of hydrogen-bond acceptors (Lipinski definition) is 29. The fraction of sp³-hybridized carbons (Fsp3) is 0.103. The smallest absolute Gasteiger partial charge is 0.296 e. The molecule has 0 fully saturated rings. The summed E-state index contributed by atoms with van der Waals surface area (Å²) in [5.41, 5.74) is -2.59. The van der Waals surface area contributed by atoms with E-state index < -0.39 is 102 Å². The third kappa shape index (κ3) is 13.7. The largest absolute Gasteiger partial charge is 0.505 e. The van der Waals surface area contributed by atoms with E-state index in [9.17, 15) is 52.4 Å². The Labute approximate surface area is 383 Å². The lowest BCUT2D eigenvalue weighted by Crippen LogP contribution is -2.13. The van der Waals surface area contributed by atoms with Crippen LogP contribution in [0.3, 0.4) is 0 Å². The van der Waals surface area contributed by atoms with Crippen molar-refractivity contribution in [1.82, 2.24) is 15.0 Å².